The Hall–Kier alpha value is -2.32. The van der Waals surface area contributed by atoms with Crippen molar-refractivity contribution in [2.24, 2.45) is 11.5 Å². The van der Waals surface area contributed by atoms with Crippen molar-refractivity contribution in [2.45, 2.75) is 12.2 Å². The van der Waals surface area contributed by atoms with Crippen molar-refractivity contribution in [1.29, 1.82) is 0 Å². The summed E-state index contributed by atoms with van der Waals surface area (Å²) in [6.45, 7) is 2.15. The molecule has 27 heavy (non-hydrogen) atoms. The molecule has 0 heterocycles. The second-order valence-electron chi connectivity index (χ2n) is 5.81. The number of primary amides is 2. The first kappa shape index (κ1) is 21.0. The lowest BCUT2D eigenvalue weighted by Crippen LogP contribution is -2.15. The van der Waals surface area contributed by atoms with Gasteiger partial charge in [-0.1, -0.05) is 31.2 Å². The van der Waals surface area contributed by atoms with Crippen molar-refractivity contribution in [3.63, 3.8) is 0 Å². The van der Waals surface area contributed by atoms with Crippen LogP contribution in [0.5, 0.6) is 0 Å². The van der Waals surface area contributed by atoms with Crippen LogP contribution >= 0.6 is 23.5 Å². The van der Waals surface area contributed by atoms with E-state index in [1.54, 1.807) is 47.8 Å². The second-order valence-corrected chi connectivity index (χ2v) is 8.27. The third kappa shape index (κ3) is 6.73. The molecule has 2 rings (SSSR count). The Morgan fingerprint density at radius 1 is 0.889 bits per heavy atom. The molecule has 6 nitrogen and oxygen atoms in total. The van der Waals surface area contributed by atoms with E-state index in [-0.39, 0.29) is 0 Å². The highest BCUT2D eigenvalue weighted by atomic mass is 32.2. The molecular weight excluding hydrogens is 380 g/mol. The Balaban J connectivity index is 1.69. The van der Waals surface area contributed by atoms with Gasteiger partial charge in [-0.15, -0.1) is 23.5 Å². The molecular formula is C19H24N4O2S2. The van der Waals surface area contributed by atoms with E-state index in [0.717, 1.165) is 17.1 Å². The van der Waals surface area contributed by atoms with Crippen molar-refractivity contribution in [2.75, 3.05) is 28.1 Å². The number of thioether (sulfide) groups is 2. The number of carbonyl (C=O) groups is 2. The maximum Gasteiger partial charge on any atom is 0.250 e. The summed E-state index contributed by atoms with van der Waals surface area (Å²) in [6, 6.07) is 14.4. The molecule has 144 valence electrons. The molecule has 1 unspecified atom stereocenters. The quantitative estimate of drug-likeness (QED) is 0.338. The van der Waals surface area contributed by atoms with Crippen LogP contribution in [0.3, 0.4) is 0 Å². The number of nitrogens with one attached hydrogen (secondary N) is 2. The van der Waals surface area contributed by atoms with Crippen LogP contribution < -0.4 is 22.1 Å². The molecule has 0 saturated heterocycles. The summed E-state index contributed by atoms with van der Waals surface area (Å²) >= 11 is 3.50. The maximum absolute atomic E-state index is 11.4. The lowest BCUT2D eigenvalue weighted by Gasteiger charge is -2.14. The molecule has 2 aromatic rings. The van der Waals surface area contributed by atoms with E-state index in [9.17, 15) is 9.59 Å². The summed E-state index contributed by atoms with van der Waals surface area (Å²) in [4.78, 5) is 22.8. The molecule has 0 saturated carbocycles. The van der Waals surface area contributed by atoms with Crippen molar-refractivity contribution in [3.8, 4) is 0 Å². The molecule has 8 heteroatoms. The van der Waals surface area contributed by atoms with Crippen LogP contribution in [-0.4, -0.2) is 34.6 Å². The smallest absolute Gasteiger partial charge is 0.250 e. The molecule has 6 N–H and O–H groups in total. The van der Waals surface area contributed by atoms with Gasteiger partial charge in [-0.05, 0) is 24.3 Å². The lowest BCUT2D eigenvalue weighted by molar-refractivity contribution is 0.0992. The van der Waals surface area contributed by atoms with Crippen LogP contribution in [0.1, 0.15) is 27.6 Å². The predicted molar refractivity (Wildman–Crippen MR) is 116 cm³/mol. The minimum absolute atomic E-state index is 0.413. The van der Waals surface area contributed by atoms with E-state index in [4.69, 9.17) is 11.5 Å². The van der Waals surface area contributed by atoms with Gasteiger partial charge in [0, 0.05) is 22.4 Å². The monoisotopic (exact) mass is 404 g/mol. The molecule has 1 atom stereocenters. The van der Waals surface area contributed by atoms with Gasteiger partial charge in [-0.2, -0.15) is 0 Å². The third-order valence-corrected chi connectivity index (χ3v) is 6.07. The minimum Gasteiger partial charge on any atom is -0.375 e. The molecule has 0 fully saturated rings. The maximum atomic E-state index is 11.4. The molecule has 2 aromatic carbocycles. The van der Waals surface area contributed by atoms with Crippen molar-refractivity contribution < 1.29 is 9.59 Å². The largest absolute Gasteiger partial charge is 0.375 e. The molecule has 0 aliphatic rings. The third-order valence-electron chi connectivity index (χ3n) is 3.73. The zero-order valence-corrected chi connectivity index (χ0v) is 16.7. The Labute approximate surface area is 167 Å². The van der Waals surface area contributed by atoms with Gasteiger partial charge in [-0.25, -0.2) is 0 Å². The first-order chi connectivity index (χ1) is 13.0. The van der Waals surface area contributed by atoms with Crippen LogP contribution in [-0.2, 0) is 0 Å². The molecule has 0 spiro atoms. The molecule has 0 bridgehead atoms. The summed E-state index contributed by atoms with van der Waals surface area (Å²) in [5.41, 5.74) is 13.3. The number of hydrogen-bond acceptors (Lipinski definition) is 6. The summed E-state index contributed by atoms with van der Waals surface area (Å²) in [5.74, 6) is 1.44. The first-order valence-corrected chi connectivity index (χ1v) is 10.6. The van der Waals surface area contributed by atoms with Gasteiger partial charge in [0.15, 0.2) is 0 Å². The molecule has 0 aromatic heterocycles. The standard InChI is InChI=1S/C19H24N4O2S2/c1-13(27-12-23-17-9-5-3-7-15(17)19(21)25)10-26-11-22-16-8-4-2-6-14(16)18(20)24/h2-9,13,22-23H,10-12H2,1H3,(H2,20,24)(H2,21,25). The topological polar surface area (TPSA) is 110 Å². The number of nitrogens with two attached hydrogens (primary N) is 2. The summed E-state index contributed by atoms with van der Waals surface area (Å²) in [6.07, 6.45) is 0. The fourth-order valence-corrected chi connectivity index (χ4v) is 4.27. The molecule has 0 aliphatic heterocycles. The van der Waals surface area contributed by atoms with Gasteiger partial charge in [0.2, 0.25) is 0 Å². The van der Waals surface area contributed by atoms with Crippen molar-refractivity contribution >= 4 is 46.7 Å². The Kier molecular flexibility index (Phi) is 8.35. The van der Waals surface area contributed by atoms with E-state index in [2.05, 4.69) is 17.6 Å². The van der Waals surface area contributed by atoms with Crippen LogP contribution in [0, 0.1) is 0 Å². The number of carbonyl (C=O) groups excluding carboxylic acids is 2. The van der Waals surface area contributed by atoms with E-state index >= 15 is 0 Å². The van der Waals surface area contributed by atoms with Crippen LogP contribution in [0.25, 0.3) is 0 Å². The highest BCUT2D eigenvalue weighted by molar-refractivity contribution is 8.03. The fraction of sp³-hybridized carbons (Fsp3) is 0.263. The van der Waals surface area contributed by atoms with E-state index in [0.29, 0.717) is 28.1 Å². The lowest BCUT2D eigenvalue weighted by atomic mass is 10.2. The summed E-state index contributed by atoms with van der Waals surface area (Å²) in [5, 5.41) is 6.90. The van der Waals surface area contributed by atoms with Gasteiger partial charge >= 0.3 is 0 Å². The average molecular weight is 405 g/mol. The van der Waals surface area contributed by atoms with Crippen molar-refractivity contribution in [3.05, 3.63) is 59.7 Å². The number of benzene rings is 2. The molecule has 0 radical (unpaired) electrons. The predicted octanol–water partition coefficient (Wildman–Crippen LogP) is 3.18. The van der Waals surface area contributed by atoms with Gasteiger partial charge in [0.1, 0.15) is 0 Å². The van der Waals surface area contributed by atoms with Gasteiger partial charge in [0.05, 0.1) is 22.9 Å². The second kappa shape index (κ2) is 10.7. The Morgan fingerprint density at radius 2 is 1.37 bits per heavy atom. The zero-order chi connectivity index (χ0) is 19.6. The highest BCUT2D eigenvalue weighted by Crippen LogP contribution is 2.21. The van der Waals surface area contributed by atoms with E-state index < -0.39 is 11.8 Å². The van der Waals surface area contributed by atoms with Crippen molar-refractivity contribution in [1.82, 2.24) is 0 Å². The minimum atomic E-state index is -0.436. The number of amides is 2. The zero-order valence-electron chi connectivity index (χ0n) is 15.1. The SMILES string of the molecule is CC(CSCNc1ccccc1C(N)=O)SCNc1ccccc1C(N)=O. The van der Waals surface area contributed by atoms with Gasteiger partial charge in [-0.3, -0.25) is 9.59 Å². The fourth-order valence-electron chi connectivity index (χ4n) is 2.37. The Morgan fingerprint density at radius 3 is 1.89 bits per heavy atom. The highest BCUT2D eigenvalue weighted by Gasteiger charge is 2.09. The number of hydrogen-bond donors (Lipinski definition) is 4. The number of rotatable bonds is 11. The summed E-state index contributed by atoms with van der Waals surface area (Å²) < 4.78 is 0. The Bertz CT molecular complexity index is 786. The van der Waals surface area contributed by atoms with Crippen LogP contribution in [0.2, 0.25) is 0 Å². The molecule has 2 amide bonds. The van der Waals surface area contributed by atoms with Crippen LogP contribution in [0.4, 0.5) is 11.4 Å². The number of para-hydroxylation sites is 2. The normalized spacial score (nSPS) is 11.6. The van der Waals surface area contributed by atoms with Crippen LogP contribution in [0.15, 0.2) is 48.5 Å². The molecule has 0 aliphatic carbocycles. The van der Waals surface area contributed by atoms with Gasteiger partial charge < -0.3 is 22.1 Å². The van der Waals surface area contributed by atoms with Gasteiger partial charge in [0.25, 0.3) is 11.8 Å². The number of anilines is 2. The van der Waals surface area contributed by atoms with E-state index in [1.165, 1.54) is 0 Å². The average Bonchev–Trinajstić information content (AvgIpc) is 2.65. The summed E-state index contributed by atoms with van der Waals surface area (Å²) in [7, 11) is 0. The van der Waals surface area contributed by atoms with E-state index in [1.807, 2.05) is 24.3 Å². The first-order valence-electron chi connectivity index (χ1n) is 8.43.